The molecular formula is C15H17ClN2. The number of nitrogens with one attached hydrogen (secondary N) is 1. The maximum Gasteiger partial charge on any atom is 0.0650 e. The van der Waals surface area contributed by atoms with Gasteiger partial charge in [-0.2, -0.15) is 0 Å². The molecule has 0 unspecified atom stereocenters. The molecule has 1 fully saturated rings. The summed E-state index contributed by atoms with van der Waals surface area (Å²) < 4.78 is 0. The molecule has 2 nitrogen and oxygen atoms in total. The molecule has 3 heteroatoms. The van der Waals surface area contributed by atoms with Crippen LogP contribution < -0.4 is 5.32 Å². The van der Waals surface area contributed by atoms with E-state index in [-0.39, 0.29) is 0 Å². The SMILES string of the molecule is Clc1ccc(C2=NCC(C3CCNCC3)=C2)cc1. The van der Waals surface area contributed by atoms with E-state index < -0.39 is 0 Å². The van der Waals surface area contributed by atoms with Crippen LogP contribution in [0.15, 0.2) is 40.9 Å². The van der Waals surface area contributed by atoms with Gasteiger partial charge in [-0.3, -0.25) is 4.99 Å². The highest BCUT2D eigenvalue weighted by molar-refractivity contribution is 6.30. The summed E-state index contributed by atoms with van der Waals surface area (Å²) in [5.41, 5.74) is 3.78. The van der Waals surface area contributed by atoms with E-state index in [1.807, 2.05) is 24.3 Å². The van der Waals surface area contributed by atoms with E-state index >= 15 is 0 Å². The first-order valence-electron chi connectivity index (χ1n) is 6.54. The fourth-order valence-electron chi connectivity index (χ4n) is 2.68. The van der Waals surface area contributed by atoms with Crippen LogP contribution in [-0.4, -0.2) is 25.3 Å². The third-order valence-electron chi connectivity index (χ3n) is 3.76. The van der Waals surface area contributed by atoms with Crippen LogP contribution in [-0.2, 0) is 0 Å². The van der Waals surface area contributed by atoms with Crippen molar-refractivity contribution in [3.63, 3.8) is 0 Å². The van der Waals surface area contributed by atoms with Crippen molar-refractivity contribution in [1.29, 1.82) is 0 Å². The molecule has 1 aromatic carbocycles. The Morgan fingerprint density at radius 1 is 1.11 bits per heavy atom. The zero-order valence-corrected chi connectivity index (χ0v) is 11.1. The van der Waals surface area contributed by atoms with Gasteiger partial charge >= 0.3 is 0 Å². The van der Waals surface area contributed by atoms with E-state index in [9.17, 15) is 0 Å². The zero-order valence-electron chi connectivity index (χ0n) is 10.3. The van der Waals surface area contributed by atoms with E-state index in [1.54, 1.807) is 0 Å². The zero-order chi connectivity index (χ0) is 12.4. The van der Waals surface area contributed by atoms with Crippen LogP contribution >= 0.6 is 11.6 Å². The largest absolute Gasteiger partial charge is 0.317 e. The van der Waals surface area contributed by atoms with Gasteiger partial charge in [-0.15, -0.1) is 0 Å². The van der Waals surface area contributed by atoms with Crippen LogP contribution in [0.5, 0.6) is 0 Å². The summed E-state index contributed by atoms with van der Waals surface area (Å²) >= 11 is 5.91. The second-order valence-corrected chi connectivity index (χ2v) is 5.39. The average Bonchev–Trinajstić information content (AvgIpc) is 2.90. The second kappa shape index (κ2) is 5.25. The number of allylic oxidation sites excluding steroid dienone is 1. The molecule has 2 aliphatic heterocycles. The van der Waals surface area contributed by atoms with Crippen molar-refractivity contribution in [3.05, 3.63) is 46.5 Å². The molecule has 2 aliphatic rings. The quantitative estimate of drug-likeness (QED) is 0.868. The number of aliphatic imine (C=N–C) groups is 1. The highest BCUT2D eigenvalue weighted by atomic mass is 35.5. The van der Waals surface area contributed by atoms with Crippen LogP contribution in [0.1, 0.15) is 18.4 Å². The first-order valence-corrected chi connectivity index (χ1v) is 6.92. The predicted molar refractivity (Wildman–Crippen MR) is 76.5 cm³/mol. The third kappa shape index (κ3) is 2.50. The van der Waals surface area contributed by atoms with E-state index in [1.165, 1.54) is 24.0 Å². The van der Waals surface area contributed by atoms with Crippen LogP contribution in [0.3, 0.4) is 0 Å². The molecule has 0 aliphatic carbocycles. The van der Waals surface area contributed by atoms with E-state index in [0.29, 0.717) is 0 Å². The summed E-state index contributed by atoms with van der Waals surface area (Å²) in [5.74, 6) is 0.722. The standard InChI is InChI=1S/C15H17ClN2/c16-14-3-1-12(2-4-14)15-9-13(10-18-15)11-5-7-17-8-6-11/h1-4,9,11,17H,5-8,10H2. The normalized spacial score (nSPS) is 20.7. The lowest BCUT2D eigenvalue weighted by atomic mass is 9.89. The van der Waals surface area contributed by atoms with Crippen molar-refractivity contribution in [3.8, 4) is 0 Å². The lowest BCUT2D eigenvalue weighted by molar-refractivity contribution is 0.418. The maximum atomic E-state index is 5.91. The summed E-state index contributed by atoms with van der Waals surface area (Å²) in [4.78, 5) is 4.65. The first-order chi connectivity index (χ1) is 8.83. The van der Waals surface area contributed by atoms with Crippen LogP contribution in [0.2, 0.25) is 5.02 Å². The van der Waals surface area contributed by atoms with Gasteiger partial charge in [0.25, 0.3) is 0 Å². The Bertz CT molecular complexity index is 482. The van der Waals surface area contributed by atoms with Crippen molar-refractivity contribution in [1.82, 2.24) is 5.32 Å². The van der Waals surface area contributed by atoms with E-state index in [0.717, 1.165) is 36.3 Å². The van der Waals surface area contributed by atoms with Gasteiger partial charge in [0.05, 0.1) is 12.3 Å². The van der Waals surface area contributed by atoms with Crippen molar-refractivity contribution < 1.29 is 0 Å². The molecule has 0 bridgehead atoms. The van der Waals surface area contributed by atoms with Gasteiger partial charge in [-0.05, 0) is 61.2 Å². The van der Waals surface area contributed by atoms with Gasteiger partial charge in [0, 0.05) is 5.02 Å². The number of halogens is 1. The summed E-state index contributed by atoms with van der Waals surface area (Å²) in [6, 6.07) is 7.94. The van der Waals surface area contributed by atoms with Gasteiger partial charge in [-0.25, -0.2) is 0 Å². The number of hydrogen-bond donors (Lipinski definition) is 1. The topological polar surface area (TPSA) is 24.4 Å². The summed E-state index contributed by atoms with van der Waals surface area (Å²) in [5, 5.41) is 4.19. The van der Waals surface area contributed by atoms with Gasteiger partial charge < -0.3 is 5.32 Å². The Balaban J connectivity index is 1.75. The molecule has 0 radical (unpaired) electrons. The minimum atomic E-state index is 0.722. The van der Waals surface area contributed by atoms with E-state index in [4.69, 9.17) is 11.6 Å². The van der Waals surface area contributed by atoms with Gasteiger partial charge in [0.2, 0.25) is 0 Å². The molecule has 2 heterocycles. The van der Waals surface area contributed by atoms with Crippen molar-refractivity contribution in [2.45, 2.75) is 12.8 Å². The minimum absolute atomic E-state index is 0.722. The molecule has 1 saturated heterocycles. The molecule has 94 valence electrons. The summed E-state index contributed by atoms with van der Waals surface area (Å²) in [6.45, 7) is 3.15. The Morgan fingerprint density at radius 2 is 1.83 bits per heavy atom. The van der Waals surface area contributed by atoms with Crippen LogP contribution in [0, 0.1) is 5.92 Å². The molecular weight excluding hydrogens is 244 g/mol. The minimum Gasteiger partial charge on any atom is -0.317 e. The number of hydrogen-bond acceptors (Lipinski definition) is 2. The summed E-state index contributed by atoms with van der Waals surface area (Å²) in [6.07, 6.45) is 4.77. The average molecular weight is 261 g/mol. The third-order valence-corrected chi connectivity index (χ3v) is 4.01. The van der Waals surface area contributed by atoms with Crippen LogP contribution in [0.4, 0.5) is 0 Å². The van der Waals surface area contributed by atoms with Gasteiger partial charge in [0.1, 0.15) is 0 Å². The highest BCUT2D eigenvalue weighted by Gasteiger charge is 2.20. The number of nitrogens with zero attached hydrogens (tertiary/aromatic N) is 1. The fourth-order valence-corrected chi connectivity index (χ4v) is 2.80. The van der Waals surface area contributed by atoms with E-state index in [2.05, 4.69) is 16.4 Å². The molecule has 1 N–H and O–H groups in total. The number of piperidine rings is 1. The lowest BCUT2D eigenvalue weighted by Crippen LogP contribution is -2.28. The Morgan fingerprint density at radius 3 is 2.56 bits per heavy atom. The highest BCUT2D eigenvalue weighted by Crippen LogP contribution is 2.26. The van der Waals surface area contributed by atoms with Crippen LogP contribution in [0.25, 0.3) is 0 Å². The Labute approximate surface area is 113 Å². The summed E-state index contributed by atoms with van der Waals surface area (Å²) in [7, 11) is 0. The molecule has 3 rings (SSSR count). The smallest absolute Gasteiger partial charge is 0.0650 e. The van der Waals surface area contributed by atoms with Crippen molar-refractivity contribution in [2.24, 2.45) is 10.9 Å². The molecule has 0 atom stereocenters. The first kappa shape index (κ1) is 11.9. The van der Waals surface area contributed by atoms with Gasteiger partial charge in [0.15, 0.2) is 0 Å². The van der Waals surface area contributed by atoms with Crippen molar-refractivity contribution >= 4 is 17.3 Å². The predicted octanol–water partition coefficient (Wildman–Crippen LogP) is 3.07. The molecule has 0 saturated carbocycles. The molecule has 1 aromatic rings. The second-order valence-electron chi connectivity index (χ2n) is 4.95. The maximum absolute atomic E-state index is 5.91. The number of benzene rings is 1. The molecule has 0 amide bonds. The lowest BCUT2D eigenvalue weighted by Gasteiger charge is -2.23. The van der Waals surface area contributed by atoms with Crippen molar-refractivity contribution in [2.75, 3.05) is 19.6 Å². The Kier molecular flexibility index (Phi) is 3.48. The molecule has 0 spiro atoms. The number of rotatable bonds is 2. The monoisotopic (exact) mass is 260 g/mol. The molecule has 0 aromatic heterocycles. The fraction of sp³-hybridized carbons (Fsp3) is 0.400. The van der Waals surface area contributed by atoms with Gasteiger partial charge in [-0.1, -0.05) is 23.7 Å². The molecule has 18 heavy (non-hydrogen) atoms. The Hall–Kier alpha value is -1.12.